The van der Waals surface area contributed by atoms with Gasteiger partial charge in [-0.1, -0.05) is 42.6 Å². The zero-order valence-electron chi connectivity index (χ0n) is 15.2. The van der Waals surface area contributed by atoms with Crippen LogP contribution in [-0.2, 0) is 17.8 Å². The molecule has 27 heavy (non-hydrogen) atoms. The van der Waals surface area contributed by atoms with E-state index in [1.165, 1.54) is 9.47 Å². The predicted molar refractivity (Wildman–Crippen MR) is 109 cm³/mol. The summed E-state index contributed by atoms with van der Waals surface area (Å²) in [5.74, 6) is -0.380. The molecule has 0 saturated carbocycles. The van der Waals surface area contributed by atoms with Gasteiger partial charge >= 0.3 is 5.69 Å². The summed E-state index contributed by atoms with van der Waals surface area (Å²) in [6.07, 6.45) is 1.54. The molecular weight excluding hydrogens is 391 g/mol. The largest absolute Gasteiger partial charge is 0.383 e. The van der Waals surface area contributed by atoms with Crippen LogP contribution in [0.4, 0.5) is 11.5 Å². The number of likely N-dealkylation sites (N-methyl/N-ethyl adjacent to an activating group) is 1. The van der Waals surface area contributed by atoms with Crippen LogP contribution < -0.4 is 21.9 Å². The molecule has 146 valence electrons. The topological polar surface area (TPSA) is 101 Å². The molecule has 3 N–H and O–H groups in total. The number of anilines is 2. The quantitative estimate of drug-likeness (QED) is 0.729. The van der Waals surface area contributed by atoms with E-state index in [0.717, 1.165) is 12.8 Å². The van der Waals surface area contributed by atoms with Gasteiger partial charge in [-0.3, -0.25) is 19.1 Å². The number of halogens is 2. The first-order valence-corrected chi connectivity index (χ1v) is 9.42. The molecule has 1 heterocycles. The third-order valence-corrected chi connectivity index (χ3v) is 4.78. The van der Waals surface area contributed by atoms with Crippen LogP contribution in [0.5, 0.6) is 0 Å². The monoisotopic (exact) mass is 412 g/mol. The first-order valence-electron chi connectivity index (χ1n) is 8.67. The normalized spacial score (nSPS) is 10.8. The van der Waals surface area contributed by atoms with Crippen molar-refractivity contribution in [1.82, 2.24) is 9.55 Å². The van der Waals surface area contributed by atoms with Crippen molar-refractivity contribution < 1.29 is 4.79 Å². The van der Waals surface area contributed by atoms with E-state index in [9.17, 15) is 14.4 Å². The number of rotatable bonds is 7. The van der Waals surface area contributed by atoms with Gasteiger partial charge in [0.15, 0.2) is 5.69 Å². The van der Waals surface area contributed by atoms with E-state index < -0.39 is 11.2 Å². The third kappa shape index (κ3) is 4.73. The van der Waals surface area contributed by atoms with Crippen LogP contribution >= 0.6 is 23.2 Å². The molecule has 9 heteroatoms. The summed E-state index contributed by atoms with van der Waals surface area (Å²) in [7, 11) is 0. The average molecular weight is 413 g/mol. The maximum absolute atomic E-state index is 12.8. The van der Waals surface area contributed by atoms with Crippen molar-refractivity contribution >= 4 is 40.6 Å². The van der Waals surface area contributed by atoms with E-state index in [2.05, 4.69) is 4.98 Å². The fourth-order valence-corrected chi connectivity index (χ4v) is 3.23. The molecule has 0 atom stereocenters. The lowest BCUT2D eigenvalue weighted by Crippen LogP contribution is -2.41. The van der Waals surface area contributed by atoms with Gasteiger partial charge in [-0.15, -0.1) is 0 Å². The Morgan fingerprint density at radius 3 is 2.56 bits per heavy atom. The minimum atomic E-state index is -0.692. The third-order valence-electron chi connectivity index (χ3n) is 4.19. The van der Waals surface area contributed by atoms with Gasteiger partial charge in [-0.25, -0.2) is 4.79 Å². The van der Waals surface area contributed by atoms with Crippen LogP contribution in [-0.4, -0.2) is 22.0 Å². The second-order valence-electron chi connectivity index (χ2n) is 6.05. The van der Waals surface area contributed by atoms with Gasteiger partial charge in [0.2, 0.25) is 5.91 Å². The molecule has 0 aliphatic carbocycles. The van der Waals surface area contributed by atoms with Gasteiger partial charge in [0, 0.05) is 23.1 Å². The summed E-state index contributed by atoms with van der Waals surface area (Å²) in [5, 5.41) is 0.828. The highest BCUT2D eigenvalue weighted by Crippen LogP contribution is 2.23. The Kier molecular flexibility index (Phi) is 7.10. The number of aromatic amines is 1. The number of carbonyl (C=O) groups excluding carboxylic acids is 1. The summed E-state index contributed by atoms with van der Waals surface area (Å²) < 4.78 is 1.28. The number of amides is 1. The SMILES string of the molecule is CCCCn1c(N)c(N(CC)C(=O)Cc2ccc(Cl)cc2Cl)c(=O)[nH]c1=O. The van der Waals surface area contributed by atoms with E-state index in [0.29, 0.717) is 22.2 Å². The lowest BCUT2D eigenvalue weighted by molar-refractivity contribution is -0.117. The number of carbonyl (C=O) groups is 1. The summed E-state index contributed by atoms with van der Waals surface area (Å²) >= 11 is 12.0. The highest BCUT2D eigenvalue weighted by Gasteiger charge is 2.23. The fraction of sp³-hybridized carbons (Fsp3) is 0.389. The molecular formula is C18H22Cl2N4O3. The van der Waals surface area contributed by atoms with Crippen molar-refractivity contribution in [3.05, 3.63) is 54.6 Å². The van der Waals surface area contributed by atoms with Crippen LogP contribution in [0, 0.1) is 0 Å². The number of benzene rings is 1. The van der Waals surface area contributed by atoms with Crippen LogP contribution in [0.15, 0.2) is 27.8 Å². The van der Waals surface area contributed by atoms with Gasteiger partial charge in [-0.05, 0) is 31.0 Å². The van der Waals surface area contributed by atoms with E-state index >= 15 is 0 Å². The first-order chi connectivity index (χ1) is 12.8. The molecule has 0 radical (unpaired) electrons. The van der Waals surface area contributed by atoms with Crippen molar-refractivity contribution in [3.8, 4) is 0 Å². The Bertz CT molecular complexity index is 953. The summed E-state index contributed by atoms with van der Waals surface area (Å²) in [4.78, 5) is 40.8. The fourth-order valence-electron chi connectivity index (χ4n) is 2.76. The van der Waals surface area contributed by atoms with E-state index in [1.54, 1.807) is 25.1 Å². The smallest absolute Gasteiger partial charge is 0.330 e. The minimum absolute atomic E-state index is 0.0189. The van der Waals surface area contributed by atoms with Gasteiger partial charge < -0.3 is 10.6 Å². The molecule has 2 rings (SSSR count). The maximum Gasteiger partial charge on any atom is 0.330 e. The van der Waals surface area contributed by atoms with Crippen molar-refractivity contribution in [1.29, 1.82) is 0 Å². The number of hydrogen-bond acceptors (Lipinski definition) is 4. The molecule has 1 aromatic carbocycles. The van der Waals surface area contributed by atoms with Gasteiger partial charge in [0.1, 0.15) is 5.82 Å². The van der Waals surface area contributed by atoms with Crippen LogP contribution in [0.25, 0.3) is 0 Å². The molecule has 7 nitrogen and oxygen atoms in total. The Morgan fingerprint density at radius 2 is 1.96 bits per heavy atom. The highest BCUT2D eigenvalue weighted by atomic mass is 35.5. The Labute approximate surface area is 166 Å². The lowest BCUT2D eigenvalue weighted by Gasteiger charge is -2.23. The molecule has 0 unspecified atom stereocenters. The van der Waals surface area contributed by atoms with E-state index in [-0.39, 0.29) is 30.4 Å². The molecule has 1 aromatic heterocycles. The van der Waals surface area contributed by atoms with Crippen LogP contribution in [0.3, 0.4) is 0 Å². The van der Waals surface area contributed by atoms with Crippen molar-refractivity contribution in [2.45, 2.75) is 39.7 Å². The van der Waals surface area contributed by atoms with Crippen molar-refractivity contribution in [3.63, 3.8) is 0 Å². The number of aromatic nitrogens is 2. The van der Waals surface area contributed by atoms with Crippen molar-refractivity contribution in [2.75, 3.05) is 17.2 Å². The Hall–Kier alpha value is -2.25. The standard InChI is InChI=1S/C18H22Cl2N4O3/c1-3-5-8-24-16(21)15(17(26)22-18(24)27)23(4-2)14(25)9-11-6-7-12(19)10-13(11)20/h6-7,10H,3-5,8-9,21H2,1-2H3,(H,22,26,27). The number of nitrogens with zero attached hydrogens (tertiary/aromatic N) is 2. The van der Waals surface area contributed by atoms with Crippen molar-refractivity contribution in [2.24, 2.45) is 0 Å². The molecule has 0 aliphatic heterocycles. The molecule has 0 saturated heterocycles. The number of nitrogen functional groups attached to an aromatic ring is 1. The predicted octanol–water partition coefficient (Wildman–Crippen LogP) is 2.82. The zero-order valence-corrected chi connectivity index (χ0v) is 16.7. The summed E-state index contributed by atoms with van der Waals surface area (Å²) in [6.45, 7) is 4.27. The molecule has 0 bridgehead atoms. The second kappa shape index (κ2) is 9.10. The highest BCUT2D eigenvalue weighted by molar-refractivity contribution is 6.35. The first kappa shape index (κ1) is 21.1. The van der Waals surface area contributed by atoms with Gasteiger partial charge in [0.25, 0.3) is 5.56 Å². The summed E-state index contributed by atoms with van der Waals surface area (Å²) in [6, 6.07) is 4.85. The lowest BCUT2D eigenvalue weighted by atomic mass is 10.1. The van der Waals surface area contributed by atoms with E-state index in [4.69, 9.17) is 28.9 Å². The average Bonchev–Trinajstić information content (AvgIpc) is 2.60. The summed E-state index contributed by atoms with van der Waals surface area (Å²) in [5.41, 5.74) is 5.37. The van der Waals surface area contributed by atoms with Crippen LogP contribution in [0.2, 0.25) is 10.0 Å². The molecule has 0 aliphatic rings. The molecule has 0 spiro atoms. The van der Waals surface area contributed by atoms with Gasteiger partial charge in [0.05, 0.1) is 6.42 Å². The molecule has 0 fully saturated rings. The van der Waals surface area contributed by atoms with Gasteiger partial charge in [-0.2, -0.15) is 0 Å². The molecule has 2 aromatic rings. The van der Waals surface area contributed by atoms with Crippen LogP contribution in [0.1, 0.15) is 32.3 Å². The maximum atomic E-state index is 12.8. The number of H-pyrrole nitrogens is 1. The molecule has 1 amide bonds. The number of nitrogens with two attached hydrogens (primary N) is 1. The Morgan fingerprint density at radius 1 is 1.26 bits per heavy atom. The number of hydrogen-bond donors (Lipinski definition) is 2. The number of unbranched alkanes of at least 4 members (excludes halogenated alkanes) is 1. The zero-order chi connectivity index (χ0) is 20.1. The Balaban J connectivity index is 2.42. The minimum Gasteiger partial charge on any atom is -0.383 e. The second-order valence-corrected chi connectivity index (χ2v) is 6.89. The number of nitrogens with one attached hydrogen (secondary N) is 1. The van der Waals surface area contributed by atoms with E-state index in [1.807, 2.05) is 6.92 Å².